The Morgan fingerprint density at radius 1 is 1.10 bits per heavy atom. The molecule has 7 atom stereocenters. The first kappa shape index (κ1) is 24.8. The summed E-state index contributed by atoms with van der Waals surface area (Å²) in [4.78, 5) is 36.6. The molecule has 0 saturated carbocycles. The van der Waals surface area contributed by atoms with E-state index >= 15 is 0 Å². The van der Waals surface area contributed by atoms with Crippen LogP contribution in [0.3, 0.4) is 0 Å². The third-order valence-corrected chi connectivity index (χ3v) is 6.33. The summed E-state index contributed by atoms with van der Waals surface area (Å²) in [6.45, 7) is 1.82. The molecule has 0 radical (unpaired) electrons. The lowest BCUT2D eigenvalue weighted by Crippen LogP contribution is -2.55. The maximum atomic E-state index is 12.5. The zero-order chi connectivity index (χ0) is 22.4. The summed E-state index contributed by atoms with van der Waals surface area (Å²) >= 11 is 1.18. The molecule has 6 N–H and O–H groups in total. The largest absolute Gasteiger partial charge is 0.481 e. The lowest BCUT2D eigenvalue weighted by molar-refractivity contribution is -0.192. The molecule has 0 aromatic carbocycles. The summed E-state index contributed by atoms with van der Waals surface area (Å²) in [5.41, 5.74) is -0.754. The van der Waals surface area contributed by atoms with E-state index in [2.05, 4.69) is 5.32 Å². The van der Waals surface area contributed by atoms with Crippen molar-refractivity contribution in [2.75, 3.05) is 18.8 Å². The average molecular weight is 451 g/mol. The molecule has 2 amide bonds. The number of amides is 2. The molecular weight excluding hydrogens is 420 g/mol. The predicted molar refractivity (Wildman–Crippen MR) is 105 cm³/mol. The number of carboxylic acids is 1. The fourth-order valence-corrected chi connectivity index (χ4v) is 4.55. The number of carboxylic acid groups (broad SMARTS) is 1. The highest BCUT2D eigenvalue weighted by molar-refractivity contribution is 7.99. The number of aliphatic carboxylic acids is 1. The van der Waals surface area contributed by atoms with E-state index in [0.717, 1.165) is 0 Å². The summed E-state index contributed by atoms with van der Waals surface area (Å²) in [7, 11) is 0. The molecule has 0 bridgehead atoms. The molecule has 11 nitrogen and oxygen atoms in total. The highest BCUT2D eigenvalue weighted by atomic mass is 32.2. The summed E-state index contributed by atoms with van der Waals surface area (Å²) in [5, 5.41) is 50.7. The van der Waals surface area contributed by atoms with Crippen molar-refractivity contribution in [3.8, 4) is 0 Å². The molecule has 0 unspecified atom stereocenters. The van der Waals surface area contributed by atoms with Gasteiger partial charge in [0.15, 0.2) is 0 Å². The zero-order valence-corrected chi connectivity index (χ0v) is 17.5. The fourth-order valence-electron chi connectivity index (χ4n) is 3.49. The Morgan fingerprint density at radius 3 is 2.47 bits per heavy atom. The third kappa shape index (κ3) is 6.53. The highest BCUT2D eigenvalue weighted by Gasteiger charge is 2.42. The molecule has 0 spiro atoms. The van der Waals surface area contributed by atoms with Crippen LogP contribution in [0.1, 0.15) is 32.6 Å². The Balaban J connectivity index is 1.77. The summed E-state index contributed by atoms with van der Waals surface area (Å²) in [5.74, 6) is -1.44. The predicted octanol–water partition coefficient (Wildman–Crippen LogP) is -2.12. The maximum absolute atomic E-state index is 12.5. The molecule has 2 aliphatic rings. The third-order valence-electron chi connectivity index (χ3n) is 5.18. The van der Waals surface area contributed by atoms with Crippen molar-refractivity contribution in [3.63, 3.8) is 0 Å². The van der Waals surface area contributed by atoms with Crippen LogP contribution in [-0.2, 0) is 19.1 Å². The second kappa shape index (κ2) is 11.3. The molecule has 2 saturated heterocycles. The summed E-state index contributed by atoms with van der Waals surface area (Å²) in [6, 6.07) is -0.823. The van der Waals surface area contributed by atoms with E-state index in [1.165, 1.54) is 16.7 Å². The van der Waals surface area contributed by atoms with Crippen LogP contribution in [0.4, 0.5) is 0 Å². The number of carbonyl (C=O) groups excluding carboxylic acids is 2. The van der Waals surface area contributed by atoms with Crippen molar-refractivity contribution >= 4 is 29.5 Å². The Morgan fingerprint density at radius 2 is 1.80 bits per heavy atom. The standard InChI is InChI=1S/C18H30N2O9S/c1-9-14(25)15(26)16(27)18(29-9)30-6-5-19-17(28)11-7-10(21)8-20(11)12(22)3-2-4-13(23)24/h9-11,14-16,18,21,25-27H,2-8H2,1H3,(H,19,28)(H,23,24)/t9-,10+,11-,14+,15+,16-,18+/m0/s1. The van der Waals surface area contributed by atoms with Crippen molar-refractivity contribution in [1.29, 1.82) is 0 Å². The van der Waals surface area contributed by atoms with Gasteiger partial charge in [0.1, 0.15) is 29.8 Å². The first-order chi connectivity index (χ1) is 14.1. The number of nitrogens with zero attached hydrogens (tertiary/aromatic N) is 1. The van der Waals surface area contributed by atoms with Gasteiger partial charge in [-0.1, -0.05) is 0 Å². The van der Waals surface area contributed by atoms with Crippen LogP contribution in [0.25, 0.3) is 0 Å². The molecular formula is C18H30N2O9S. The first-order valence-electron chi connectivity index (χ1n) is 9.90. The van der Waals surface area contributed by atoms with Crippen molar-refractivity contribution < 1.29 is 44.7 Å². The molecule has 0 aliphatic carbocycles. The molecule has 0 aromatic heterocycles. The van der Waals surface area contributed by atoms with Crippen LogP contribution in [0.2, 0.25) is 0 Å². The molecule has 0 aromatic rings. The van der Waals surface area contributed by atoms with Gasteiger partial charge in [-0.15, -0.1) is 11.8 Å². The number of rotatable bonds is 9. The van der Waals surface area contributed by atoms with Crippen LogP contribution in [0.15, 0.2) is 0 Å². The minimum Gasteiger partial charge on any atom is -0.481 e. The van der Waals surface area contributed by atoms with Gasteiger partial charge in [0.05, 0.1) is 12.2 Å². The Labute approximate surface area is 178 Å². The van der Waals surface area contributed by atoms with E-state index in [0.29, 0.717) is 5.75 Å². The van der Waals surface area contributed by atoms with Crippen molar-refractivity contribution in [3.05, 3.63) is 0 Å². The smallest absolute Gasteiger partial charge is 0.303 e. The van der Waals surface area contributed by atoms with Gasteiger partial charge < -0.3 is 40.5 Å². The minimum atomic E-state index is -1.32. The van der Waals surface area contributed by atoms with Crippen LogP contribution < -0.4 is 5.32 Å². The number of hydrogen-bond acceptors (Lipinski definition) is 9. The Bertz CT molecular complexity index is 622. The molecule has 172 valence electrons. The number of aliphatic hydroxyl groups excluding tert-OH is 4. The van der Waals surface area contributed by atoms with Gasteiger partial charge in [-0.3, -0.25) is 14.4 Å². The Hall–Kier alpha value is -1.44. The number of ether oxygens (including phenoxy) is 1. The highest BCUT2D eigenvalue weighted by Crippen LogP contribution is 2.28. The van der Waals surface area contributed by atoms with Crippen LogP contribution >= 0.6 is 11.8 Å². The van der Waals surface area contributed by atoms with Crippen LogP contribution in [-0.4, -0.2) is 109 Å². The van der Waals surface area contributed by atoms with Gasteiger partial charge in [0.2, 0.25) is 11.8 Å². The van der Waals surface area contributed by atoms with E-state index in [9.17, 15) is 34.8 Å². The number of aliphatic hydroxyl groups is 4. The summed E-state index contributed by atoms with van der Waals surface area (Å²) in [6.07, 6.45) is -5.11. The van der Waals surface area contributed by atoms with Gasteiger partial charge >= 0.3 is 5.97 Å². The zero-order valence-electron chi connectivity index (χ0n) is 16.7. The molecule has 12 heteroatoms. The average Bonchev–Trinajstić information content (AvgIpc) is 3.08. The van der Waals surface area contributed by atoms with E-state index < -0.39 is 53.9 Å². The van der Waals surface area contributed by atoms with Gasteiger partial charge in [0.25, 0.3) is 0 Å². The van der Waals surface area contributed by atoms with Crippen LogP contribution in [0, 0.1) is 0 Å². The summed E-state index contributed by atoms with van der Waals surface area (Å²) < 4.78 is 5.47. The molecule has 30 heavy (non-hydrogen) atoms. The van der Waals surface area contributed by atoms with Gasteiger partial charge in [-0.2, -0.15) is 0 Å². The molecule has 2 fully saturated rings. The van der Waals surface area contributed by atoms with E-state index in [4.69, 9.17) is 9.84 Å². The minimum absolute atomic E-state index is 0.0120. The topological polar surface area (TPSA) is 177 Å². The monoisotopic (exact) mass is 450 g/mol. The Kier molecular flexibility index (Phi) is 9.31. The molecule has 2 heterocycles. The van der Waals surface area contributed by atoms with E-state index in [1.54, 1.807) is 6.92 Å². The second-order valence-corrected chi connectivity index (χ2v) is 8.75. The van der Waals surface area contributed by atoms with Gasteiger partial charge in [0, 0.05) is 38.1 Å². The number of β-amino-alcohol motifs (C(OH)–C–C–N with tert-alkyl or cyclic N) is 1. The maximum Gasteiger partial charge on any atom is 0.303 e. The van der Waals surface area contributed by atoms with Gasteiger partial charge in [-0.25, -0.2) is 0 Å². The van der Waals surface area contributed by atoms with Gasteiger partial charge in [-0.05, 0) is 13.3 Å². The lowest BCUT2D eigenvalue weighted by atomic mass is 10.0. The first-order valence-corrected chi connectivity index (χ1v) is 10.9. The van der Waals surface area contributed by atoms with E-state index in [-0.39, 0.29) is 44.7 Å². The number of carbonyl (C=O) groups is 3. The second-order valence-electron chi connectivity index (χ2n) is 7.54. The SMILES string of the molecule is C[C@@H]1O[C@H](SCCNC(=O)[C@@H]2C[C@@H](O)CN2C(=O)CCCC(=O)O)[C@@H](O)[C@H](O)[C@@H]1O. The van der Waals surface area contributed by atoms with Crippen molar-refractivity contribution in [2.24, 2.45) is 0 Å². The normalized spacial score (nSPS) is 34.0. The quantitative estimate of drug-likeness (QED) is 0.213. The molecule has 2 rings (SSSR count). The van der Waals surface area contributed by atoms with Crippen molar-refractivity contribution in [1.82, 2.24) is 10.2 Å². The number of thioether (sulfide) groups is 1. The fraction of sp³-hybridized carbons (Fsp3) is 0.833. The molecule has 2 aliphatic heterocycles. The van der Waals surface area contributed by atoms with Crippen molar-refractivity contribution in [2.45, 2.75) is 74.6 Å². The number of hydrogen-bond donors (Lipinski definition) is 6. The van der Waals surface area contributed by atoms with Crippen LogP contribution in [0.5, 0.6) is 0 Å². The number of nitrogens with one attached hydrogen (secondary N) is 1. The lowest BCUT2D eigenvalue weighted by Gasteiger charge is -2.39. The van der Waals surface area contributed by atoms with E-state index in [1.807, 2.05) is 0 Å². The number of likely N-dealkylation sites (tertiary alicyclic amines) is 1.